The minimum atomic E-state index is -0.765. The van der Waals surface area contributed by atoms with Crippen LogP contribution >= 0.6 is 0 Å². The van der Waals surface area contributed by atoms with Crippen LogP contribution in [0.3, 0.4) is 0 Å². The van der Waals surface area contributed by atoms with Crippen LogP contribution in [0.15, 0.2) is 24.3 Å². The minimum Gasteiger partial charge on any atom is -0.480 e. The van der Waals surface area contributed by atoms with Crippen LogP contribution in [0.25, 0.3) is 0 Å². The van der Waals surface area contributed by atoms with Gasteiger partial charge in [0.2, 0.25) is 0 Å². The predicted octanol–water partition coefficient (Wildman–Crippen LogP) is 2.08. The van der Waals surface area contributed by atoms with Gasteiger partial charge in [-0.05, 0) is 18.6 Å². The number of carbonyl (C=O) groups is 1. The standard InChI is InChI=1S/C12H15NO2/c1-8-7-13(9(2)12(14)15)11-6-4-3-5-10(8)11/h3-6,8-9H,7H2,1-2H3,(H,14,15)/t8-,9+/m0/s1. The summed E-state index contributed by atoms with van der Waals surface area (Å²) >= 11 is 0. The van der Waals surface area contributed by atoms with Crippen molar-refractivity contribution in [3.05, 3.63) is 29.8 Å². The third-order valence-electron chi connectivity index (χ3n) is 3.07. The van der Waals surface area contributed by atoms with Crippen molar-refractivity contribution in [2.45, 2.75) is 25.8 Å². The molecule has 1 aliphatic rings. The molecule has 1 aromatic rings. The maximum absolute atomic E-state index is 11.0. The van der Waals surface area contributed by atoms with Gasteiger partial charge in [-0.25, -0.2) is 4.79 Å². The van der Waals surface area contributed by atoms with Crippen molar-refractivity contribution in [3.8, 4) is 0 Å². The first-order chi connectivity index (χ1) is 7.11. The van der Waals surface area contributed by atoms with E-state index in [9.17, 15) is 4.79 Å². The predicted molar refractivity (Wildman–Crippen MR) is 59.3 cm³/mol. The van der Waals surface area contributed by atoms with Gasteiger partial charge in [0.25, 0.3) is 0 Å². The molecule has 3 nitrogen and oxygen atoms in total. The lowest BCUT2D eigenvalue weighted by molar-refractivity contribution is -0.138. The Hall–Kier alpha value is -1.51. The topological polar surface area (TPSA) is 40.5 Å². The zero-order valence-corrected chi connectivity index (χ0v) is 8.97. The van der Waals surface area contributed by atoms with Gasteiger partial charge in [-0.2, -0.15) is 0 Å². The molecular weight excluding hydrogens is 190 g/mol. The Bertz CT molecular complexity index is 389. The summed E-state index contributed by atoms with van der Waals surface area (Å²) in [5, 5.41) is 9.01. The molecule has 0 radical (unpaired) electrons. The molecule has 0 spiro atoms. The highest BCUT2D eigenvalue weighted by Crippen LogP contribution is 2.36. The van der Waals surface area contributed by atoms with Gasteiger partial charge >= 0.3 is 5.97 Å². The highest BCUT2D eigenvalue weighted by Gasteiger charge is 2.30. The Morgan fingerprint density at radius 2 is 2.20 bits per heavy atom. The van der Waals surface area contributed by atoms with Crippen LogP contribution in [0.1, 0.15) is 25.3 Å². The molecule has 0 aromatic heterocycles. The number of carboxylic acid groups (broad SMARTS) is 1. The van der Waals surface area contributed by atoms with Crippen LogP contribution in [0.4, 0.5) is 5.69 Å². The SMILES string of the molecule is C[C@H](C(=O)O)N1C[C@H](C)c2ccccc21. The highest BCUT2D eigenvalue weighted by atomic mass is 16.4. The Morgan fingerprint density at radius 1 is 1.53 bits per heavy atom. The summed E-state index contributed by atoms with van der Waals surface area (Å²) in [6, 6.07) is 7.59. The smallest absolute Gasteiger partial charge is 0.326 e. The van der Waals surface area contributed by atoms with Crippen molar-refractivity contribution in [2.75, 3.05) is 11.4 Å². The van der Waals surface area contributed by atoms with E-state index in [0.717, 1.165) is 12.2 Å². The zero-order valence-electron chi connectivity index (χ0n) is 8.97. The second-order valence-corrected chi connectivity index (χ2v) is 4.13. The van der Waals surface area contributed by atoms with E-state index in [1.807, 2.05) is 23.1 Å². The second kappa shape index (κ2) is 3.57. The summed E-state index contributed by atoms with van der Waals surface area (Å²) in [6.07, 6.45) is 0. The lowest BCUT2D eigenvalue weighted by Gasteiger charge is -2.24. The second-order valence-electron chi connectivity index (χ2n) is 4.13. The van der Waals surface area contributed by atoms with Gasteiger partial charge in [-0.15, -0.1) is 0 Å². The minimum absolute atomic E-state index is 0.419. The fourth-order valence-corrected chi connectivity index (χ4v) is 2.16. The zero-order chi connectivity index (χ0) is 11.0. The van der Waals surface area contributed by atoms with Crippen molar-refractivity contribution in [3.63, 3.8) is 0 Å². The first-order valence-corrected chi connectivity index (χ1v) is 5.19. The molecule has 2 atom stereocenters. The summed E-state index contributed by atoms with van der Waals surface area (Å²) < 4.78 is 0. The molecule has 1 aromatic carbocycles. The van der Waals surface area contributed by atoms with Crippen molar-refractivity contribution < 1.29 is 9.90 Å². The van der Waals surface area contributed by atoms with E-state index in [2.05, 4.69) is 13.0 Å². The summed E-state index contributed by atoms with van der Waals surface area (Å²) in [7, 11) is 0. The van der Waals surface area contributed by atoms with Gasteiger partial charge in [-0.3, -0.25) is 0 Å². The van der Waals surface area contributed by atoms with E-state index in [-0.39, 0.29) is 0 Å². The van der Waals surface area contributed by atoms with Crippen LogP contribution in [0, 0.1) is 0 Å². The molecule has 0 amide bonds. The molecule has 3 heteroatoms. The molecule has 1 aliphatic heterocycles. The van der Waals surface area contributed by atoms with Crippen molar-refractivity contribution in [1.82, 2.24) is 0 Å². The fraction of sp³-hybridized carbons (Fsp3) is 0.417. The number of para-hydroxylation sites is 1. The molecule has 0 saturated carbocycles. The first-order valence-electron chi connectivity index (χ1n) is 5.19. The highest BCUT2D eigenvalue weighted by molar-refractivity contribution is 5.79. The number of anilines is 1. The first kappa shape index (κ1) is 10.0. The van der Waals surface area contributed by atoms with Crippen LogP contribution in [0.5, 0.6) is 0 Å². The maximum Gasteiger partial charge on any atom is 0.326 e. The van der Waals surface area contributed by atoms with E-state index < -0.39 is 12.0 Å². The molecule has 15 heavy (non-hydrogen) atoms. The van der Waals surface area contributed by atoms with E-state index in [1.165, 1.54) is 5.56 Å². The van der Waals surface area contributed by atoms with Crippen LogP contribution in [0.2, 0.25) is 0 Å². The Balaban J connectivity index is 2.36. The Morgan fingerprint density at radius 3 is 2.87 bits per heavy atom. The van der Waals surface area contributed by atoms with E-state index >= 15 is 0 Å². The molecule has 0 aliphatic carbocycles. The lowest BCUT2D eigenvalue weighted by atomic mass is 10.0. The number of benzene rings is 1. The maximum atomic E-state index is 11.0. The molecule has 1 N–H and O–H groups in total. The largest absolute Gasteiger partial charge is 0.480 e. The number of hydrogen-bond donors (Lipinski definition) is 1. The normalized spacial score (nSPS) is 21.2. The lowest BCUT2D eigenvalue weighted by Crippen LogP contribution is -2.38. The number of aliphatic carboxylic acids is 1. The number of carboxylic acids is 1. The number of hydrogen-bond acceptors (Lipinski definition) is 2. The van der Waals surface area contributed by atoms with Crippen LogP contribution in [-0.2, 0) is 4.79 Å². The van der Waals surface area contributed by atoms with Gasteiger partial charge in [0.05, 0.1) is 0 Å². The molecule has 80 valence electrons. The van der Waals surface area contributed by atoms with Gasteiger partial charge in [0.1, 0.15) is 6.04 Å². The van der Waals surface area contributed by atoms with Gasteiger partial charge < -0.3 is 10.0 Å². The van der Waals surface area contributed by atoms with Crippen molar-refractivity contribution >= 4 is 11.7 Å². The number of rotatable bonds is 2. The number of fused-ring (bicyclic) bond motifs is 1. The van der Waals surface area contributed by atoms with Crippen molar-refractivity contribution in [2.24, 2.45) is 0 Å². The van der Waals surface area contributed by atoms with E-state index in [0.29, 0.717) is 5.92 Å². The average molecular weight is 205 g/mol. The van der Waals surface area contributed by atoms with Crippen molar-refractivity contribution in [1.29, 1.82) is 0 Å². The monoisotopic (exact) mass is 205 g/mol. The van der Waals surface area contributed by atoms with Gasteiger partial charge in [-0.1, -0.05) is 25.1 Å². The number of nitrogens with zero attached hydrogens (tertiary/aromatic N) is 1. The molecule has 1 heterocycles. The summed E-state index contributed by atoms with van der Waals surface area (Å²) in [4.78, 5) is 12.9. The molecule has 0 fully saturated rings. The van der Waals surface area contributed by atoms with E-state index in [4.69, 9.17) is 5.11 Å². The molecule has 0 bridgehead atoms. The molecule has 0 saturated heterocycles. The van der Waals surface area contributed by atoms with E-state index in [1.54, 1.807) is 6.92 Å². The molecule has 2 rings (SSSR count). The summed E-state index contributed by atoms with van der Waals surface area (Å²) in [5.74, 6) is -0.345. The summed E-state index contributed by atoms with van der Waals surface area (Å²) in [5.41, 5.74) is 2.32. The molecule has 0 unspecified atom stereocenters. The third-order valence-corrected chi connectivity index (χ3v) is 3.07. The summed E-state index contributed by atoms with van der Waals surface area (Å²) in [6.45, 7) is 4.66. The Labute approximate surface area is 89.3 Å². The van der Waals surface area contributed by atoms with Gasteiger partial charge in [0.15, 0.2) is 0 Å². The third kappa shape index (κ3) is 1.58. The quantitative estimate of drug-likeness (QED) is 0.803. The average Bonchev–Trinajstić information content (AvgIpc) is 2.56. The fourth-order valence-electron chi connectivity index (χ4n) is 2.16. The van der Waals surface area contributed by atoms with Gasteiger partial charge in [0, 0.05) is 18.2 Å². The van der Waals surface area contributed by atoms with Crippen LogP contribution in [-0.4, -0.2) is 23.7 Å². The van der Waals surface area contributed by atoms with Crippen LogP contribution < -0.4 is 4.90 Å². The molecular formula is C12H15NO2. The Kier molecular flexibility index (Phi) is 2.39.